The van der Waals surface area contributed by atoms with Crippen molar-refractivity contribution in [2.45, 2.75) is 0 Å². The lowest BCUT2D eigenvalue weighted by molar-refractivity contribution is -0.122. The van der Waals surface area contributed by atoms with Gasteiger partial charge in [0.2, 0.25) is 0 Å². The van der Waals surface area contributed by atoms with Crippen molar-refractivity contribution >= 4 is 11.9 Å². The van der Waals surface area contributed by atoms with Gasteiger partial charge in [0.05, 0.1) is 0 Å². The zero-order valence-corrected chi connectivity index (χ0v) is 4.55. The normalized spacial score (nSPS) is 17.4. The van der Waals surface area contributed by atoms with Crippen molar-refractivity contribution in [3.8, 4) is 12.5 Å². The minimum absolute atomic E-state index is 0.0169. The van der Waals surface area contributed by atoms with E-state index in [1.54, 1.807) is 0 Å². The Morgan fingerprint density at radius 3 is 2.56 bits per heavy atom. The molecule has 1 saturated heterocycles. The van der Waals surface area contributed by atoms with E-state index in [2.05, 4.69) is 5.32 Å². The predicted octanol–water partition coefficient (Wildman–Crippen LogP) is -0.871. The highest BCUT2D eigenvalue weighted by Crippen LogP contribution is 1.94. The number of amides is 3. The van der Waals surface area contributed by atoms with Gasteiger partial charge in [0.1, 0.15) is 6.54 Å². The molecule has 0 radical (unpaired) electrons. The molecule has 9 heavy (non-hydrogen) atoms. The first-order valence-corrected chi connectivity index (χ1v) is 2.32. The number of rotatable bonds is 0. The molecule has 1 aliphatic heterocycles. The van der Waals surface area contributed by atoms with Crippen molar-refractivity contribution < 1.29 is 9.59 Å². The molecule has 0 aromatic heterocycles. The van der Waals surface area contributed by atoms with Crippen LogP contribution in [0.4, 0.5) is 4.79 Å². The first kappa shape index (κ1) is 5.63. The van der Waals surface area contributed by atoms with E-state index < -0.39 is 6.03 Å². The van der Waals surface area contributed by atoms with Crippen molar-refractivity contribution in [2.24, 2.45) is 0 Å². The topological polar surface area (TPSA) is 49.4 Å². The SMILES string of the molecule is C#CN1C(=O)CNC1=O. The van der Waals surface area contributed by atoms with Crippen LogP contribution in [0, 0.1) is 12.5 Å². The van der Waals surface area contributed by atoms with E-state index in [4.69, 9.17) is 6.42 Å². The van der Waals surface area contributed by atoms with Gasteiger partial charge in [0.25, 0.3) is 5.91 Å². The smallest absolute Gasteiger partial charge is 0.328 e. The second-order valence-electron chi connectivity index (χ2n) is 1.52. The van der Waals surface area contributed by atoms with Gasteiger partial charge in [0, 0.05) is 6.04 Å². The Morgan fingerprint density at radius 2 is 2.33 bits per heavy atom. The van der Waals surface area contributed by atoms with Gasteiger partial charge < -0.3 is 5.32 Å². The molecule has 4 heteroatoms. The third kappa shape index (κ3) is 0.722. The van der Waals surface area contributed by atoms with Crippen molar-refractivity contribution in [3.63, 3.8) is 0 Å². The standard InChI is InChI=1S/C5H4N2O2/c1-2-7-4(8)3-6-5(7)9/h1H,3H2,(H,6,9). The molecule has 1 aliphatic rings. The summed E-state index contributed by atoms with van der Waals surface area (Å²) in [6, 6.07) is 1.42. The van der Waals surface area contributed by atoms with Gasteiger partial charge in [-0.3, -0.25) is 4.79 Å². The van der Waals surface area contributed by atoms with E-state index in [1.807, 2.05) is 6.04 Å². The van der Waals surface area contributed by atoms with Crippen LogP contribution in [-0.2, 0) is 4.79 Å². The summed E-state index contributed by atoms with van der Waals surface area (Å²) in [6.07, 6.45) is 4.81. The van der Waals surface area contributed by atoms with Crippen molar-refractivity contribution in [1.29, 1.82) is 0 Å². The summed E-state index contributed by atoms with van der Waals surface area (Å²) >= 11 is 0. The highest BCUT2D eigenvalue weighted by molar-refractivity contribution is 6.03. The molecule has 0 aromatic carbocycles. The number of hydrogen-bond acceptors (Lipinski definition) is 2. The minimum Gasteiger partial charge on any atom is -0.328 e. The predicted molar refractivity (Wildman–Crippen MR) is 29.1 cm³/mol. The second-order valence-corrected chi connectivity index (χ2v) is 1.52. The fraction of sp³-hybridized carbons (Fsp3) is 0.200. The van der Waals surface area contributed by atoms with Crippen LogP contribution in [0.25, 0.3) is 0 Å². The Balaban J connectivity index is 2.81. The number of terminal acetylenes is 1. The molecule has 3 amide bonds. The van der Waals surface area contributed by atoms with Crippen LogP contribution < -0.4 is 5.32 Å². The van der Waals surface area contributed by atoms with E-state index in [-0.39, 0.29) is 12.5 Å². The molecule has 0 unspecified atom stereocenters. The van der Waals surface area contributed by atoms with Gasteiger partial charge in [-0.25, -0.2) is 4.79 Å². The van der Waals surface area contributed by atoms with E-state index >= 15 is 0 Å². The lowest BCUT2D eigenvalue weighted by Crippen LogP contribution is -2.25. The maximum absolute atomic E-state index is 10.5. The minimum atomic E-state index is -0.512. The number of imide groups is 1. The molecule has 1 fully saturated rings. The molecule has 46 valence electrons. The molecule has 4 nitrogen and oxygen atoms in total. The number of hydrogen-bond donors (Lipinski definition) is 1. The highest BCUT2D eigenvalue weighted by atomic mass is 16.2. The third-order valence-electron chi connectivity index (χ3n) is 0.972. The average molecular weight is 124 g/mol. The average Bonchev–Trinajstić information content (AvgIpc) is 2.12. The molecule has 0 atom stereocenters. The summed E-state index contributed by atoms with van der Waals surface area (Å²) in [5.41, 5.74) is 0. The summed E-state index contributed by atoms with van der Waals surface area (Å²) in [6.45, 7) is 0.0169. The molecule has 0 aliphatic carbocycles. The molecule has 0 spiro atoms. The third-order valence-corrected chi connectivity index (χ3v) is 0.972. The van der Waals surface area contributed by atoms with Gasteiger partial charge in [-0.2, -0.15) is 4.90 Å². The molecular weight excluding hydrogens is 120 g/mol. The van der Waals surface area contributed by atoms with Gasteiger partial charge in [-0.05, 0) is 0 Å². The lowest BCUT2D eigenvalue weighted by Gasteiger charge is -1.97. The fourth-order valence-electron chi connectivity index (χ4n) is 0.553. The number of urea groups is 1. The van der Waals surface area contributed by atoms with Crippen molar-refractivity contribution in [3.05, 3.63) is 0 Å². The lowest BCUT2D eigenvalue weighted by atomic mass is 10.6. The van der Waals surface area contributed by atoms with Gasteiger partial charge in [-0.1, -0.05) is 6.42 Å². The molecular formula is C5H4N2O2. The second kappa shape index (κ2) is 1.78. The van der Waals surface area contributed by atoms with Crippen LogP contribution in [0.5, 0.6) is 0 Å². The van der Waals surface area contributed by atoms with Crippen LogP contribution in [-0.4, -0.2) is 23.4 Å². The monoisotopic (exact) mass is 124 g/mol. The van der Waals surface area contributed by atoms with E-state index in [0.29, 0.717) is 4.90 Å². The first-order chi connectivity index (χ1) is 4.25. The van der Waals surface area contributed by atoms with Crippen LogP contribution in [0.15, 0.2) is 0 Å². The van der Waals surface area contributed by atoms with Crippen LogP contribution in [0.2, 0.25) is 0 Å². The molecule has 1 N–H and O–H groups in total. The fourth-order valence-corrected chi connectivity index (χ4v) is 0.553. The highest BCUT2D eigenvalue weighted by Gasteiger charge is 2.26. The Kier molecular flexibility index (Phi) is 1.12. The van der Waals surface area contributed by atoms with E-state index in [1.165, 1.54) is 0 Å². The van der Waals surface area contributed by atoms with Crippen LogP contribution >= 0.6 is 0 Å². The summed E-state index contributed by atoms with van der Waals surface area (Å²) in [5.74, 6) is -0.373. The molecule has 1 rings (SSSR count). The summed E-state index contributed by atoms with van der Waals surface area (Å²) in [4.78, 5) is 21.7. The number of nitrogens with zero attached hydrogens (tertiary/aromatic N) is 1. The van der Waals surface area contributed by atoms with E-state index in [0.717, 1.165) is 0 Å². The van der Waals surface area contributed by atoms with Crippen molar-refractivity contribution in [2.75, 3.05) is 6.54 Å². The van der Waals surface area contributed by atoms with Gasteiger partial charge >= 0.3 is 6.03 Å². The molecule has 0 saturated carbocycles. The maximum Gasteiger partial charge on any atom is 0.336 e. The Labute approximate surface area is 51.8 Å². The quantitative estimate of drug-likeness (QED) is 0.337. The summed E-state index contributed by atoms with van der Waals surface area (Å²) < 4.78 is 0. The Morgan fingerprint density at radius 1 is 1.67 bits per heavy atom. The zero-order chi connectivity index (χ0) is 6.85. The largest absolute Gasteiger partial charge is 0.336 e. The number of nitrogens with one attached hydrogen (secondary N) is 1. The molecule has 1 heterocycles. The Bertz CT molecular complexity index is 187. The molecule has 0 bridgehead atoms. The van der Waals surface area contributed by atoms with Crippen LogP contribution in [0.3, 0.4) is 0 Å². The van der Waals surface area contributed by atoms with Gasteiger partial charge in [0.15, 0.2) is 0 Å². The Hall–Kier alpha value is -1.50. The zero-order valence-electron chi connectivity index (χ0n) is 4.55. The maximum atomic E-state index is 10.5. The summed E-state index contributed by atoms with van der Waals surface area (Å²) in [7, 11) is 0. The van der Waals surface area contributed by atoms with E-state index in [9.17, 15) is 9.59 Å². The number of carbonyl (C=O) groups excluding carboxylic acids is 2. The van der Waals surface area contributed by atoms with Crippen LogP contribution in [0.1, 0.15) is 0 Å². The van der Waals surface area contributed by atoms with Crippen molar-refractivity contribution in [1.82, 2.24) is 10.2 Å². The number of carbonyl (C=O) groups is 2. The van der Waals surface area contributed by atoms with Gasteiger partial charge in [-0.15, -0.1) is 0 Å². The summed E-state index contributed by atoms with van der Waals surface area (Å²) in [5, 5.41) is 2.27. The first-order valence-electron chi connectivity index (χ1n) is 2.32. The molecule has 0 aromatic rings.